The third-order valence-corrected chi connectivity index (χ3v) is 5.42. The van der Waals surface area contributed by atoms with E-state index in [1.165, 1.54) is 4.90 Å². The summed E-state index contributed by atoms with van der Waals surface area (Å²) >= 11 is 3.44. The Morgan fingerprint density at radius 1 is 1.29 bits per heavy atom. The summed E-state index contributed by atoms with van der Waals surface area (Å²) in [5.74, 6) is 1.04. The lowest BCUT2D eigenvalue weighted by Crippen LogP contribution is -2.27. The number of benzene rings is 1. The molecule has 110 valence electrons. The van der Waals surface area contributed by atoms with Crippen LogP contribution < -0.4 is 0 Å². The maximum Gasteiger partial charge on any atom is 0.253 e. The Kier molecular flexibility index (Phi) is 4.60. The number of thiazole rings is 1. The first-order chi connectivity index (χ1) is 10.2. The molecule has 1 aromatic carbocycles. The van der Waals surface area contributed by atoms with Crippen molar-refractivity contribution >= 4 is 29.0 Å². The van der Waals surface area contributed by atoms with E-state index in [9.17, 15) is 4.79 Å². The number of aryl methyl sites for hydroxylation is 1. The summed E-state index contributed by atoms with van der Waals surface area (Å²) in [6.07, 6.45) is 2.26. The lowest BCUT2D eigenvalue weighted by atomic mass is 10.2. The highest BCUT2D eigenvalue weighted by molar-refractivity contribution is 7.98. The van der Waals surface area contributed by atoms with Crippen molar-refractivity contribution in [1.82, 2.24) is 9.88 Å². The number of likely N-dealkylation sites (tertiary alicyclic amines) is 1. The first-order valence-corrected chi connectivity index (χ1v) is 9.02. The molecule has 1 fully saturated rings. The predicted octanol–water partition coefficient (Wildman–Crippen LogP) is 3.98. The summed E-state index contributed by atoms with van der Waals surface area (Å²) in [4.78, 5) is 19.8. The van der Waals surface area contributed by atoms with Gasteiger partial charge in [0.1, 0.15) is 0 Å². The van der Waals surface area contributed by atoms with Gasteiger partial charge in [0.2, 0.25) is 0 Å². The molecule has 3 nitrogen and oxygen atoms in total. The van der Waals surface area contributed by atoms with E-state index in [1.807, 2.05) is 36.1 Å². The SMILES string of the molecule is Cc1nc(CSc2ccc(C(=O)N3CCCC3)cc2)cs1. The number of carbonyl (C=O) groups excluding carboxylic acids is 1. The zero-order valence-electron chi connectivity index (χ0n) is 12.0. The summed E-state index contributed by atoms with van der Waals surface area (Å²) in [5.41, 5.74) is 1.92. The Balaban J connectivity index is 1.59. The molecular formula is C16H18N2OS2. The highest BCUT2D eigenvalue weighted by Crippen LogP contribution is 2.24. The zero-order chi connectivity index (χ0) is 14.7. The van der Waals surface area contributed by atoms with E-state index in [0.717, 1.165) is 47.9 Å². The summed E-state index contributed by atoms with van der Waals surface area (Å²) in [7, 11) is 0. The highest BCUT2D eigenvalue weighted by atomic mass is 32.2. The highest BCUT2D eigenvalue weighted by Gasteiger charge is 2.19. The fourth-order valence-corrected chi connectivity index (χ4v) is 3.94. The van der Waals surface area contributed by atoms with Gasteiger partial charge in [0.25, 0.3) is 5.91 Å². The van der Waals surface area contributed by atoms with Crippen LogP contribution in [0.4, 0.5) is 0 Å². The Morgan fingerprint density at radius 2 is 2.00 bits per heavy atom. The molecule has 0 saturated carbocycles. The van der Waals surface area contributed by atoms with Gasteiger partial charge in [0, 0.05) is 34.7 Å². The summed E-state index contributed by atoms with van der Waals surface area (Å²) in [5, 5.41) is 3.21. The summed E-state index contributed by atoms with van der Waals surface area (Å²) in [6.45, 7) is 3.83. The van der Waals surface area contributed by atoms with Crippen molar-refractivity contribution in [2.75, 3.05) is 13.1 Å². The molecule has 2 aromatic rings. The first-order valence-electron chi connectivity index (χ1n) is 7.15. The van der Waals surface area contributed by atoms with Gasteiger partial charge < -0.3 is 4.90 Å². The second-order valence-electron chi connectivity index (χ2n) is 5.17. The van der Waals surface area contributed by atoms with Crippen LogP contribution in [0, 0.1) is 6.92 Å². The van der Waals surface area contributed by atoms with Crippen LogP contribution in [0.3, 0.4) is 0 Å². The lowest BCUT2D eigenvalue weighted by Gasteiger charge is -2.15. The number of carbonyl (C=O) groups is 1. The third kappa shape index (κ3) is 3.66. The molecule has 3 rings (SSSR count). The second kappa shape index (κ2) is 6.62. The van der Waals surface area contributed by atoms with E-state index in [4.69, 9.17) is 0 Å². The van der Waals surface area contributed by atoms with E-state index in [1.54, 1.807) is 23.1 Å². The normalized spacial score (nSPS) is 14.6. The monoisotopic (exact) mass is 318 g/mol. The fourth-order valence-electron chi connectivity index (χ4n) is 2.43. The quantitative estimate of drug-likeness (QED) is 0.800. The molecule has 5 heteroatoms. The van der Waals surface area contributed by atoms with Crippen molar-refractivity contribution in [3.05, 3.63) is 45.9 Å². The van der Waals surface area contributed by atoms with Crippen molar-refractivity contribution in [3.8, 4) is 0 Å². The average molecular weight is 318 g/mol. The van der Waals surface area contributed by atoms with Crippen molar-refractivity contribution < 1.29 is 4.79 Å². The van der Waals surface area contributed by atoms with Gasteiger partial charge in [0.05, 0.1) is 10.7 Å². The molecule has 1 aliphatic heterocycles. The molecule has 0 N–H and O–H groups in total. The summed E-state index contributed by atoms with van der Waals surface area (Å²) in [6, 6.07) is 7.95. The fraction of sp³-hybridized carbons (Fsp3) is 0.375. The minimum Gasteiger partial charge on any atom is -0.339 e. The van der Waals surface area contributed by atoms with Gasteiger partial charge >= 0.3 is 0 Å². The van der Waals surface area contributed by atoms with Gasteiger partial charge in [-0.3, -0.25) is 4.79 Å². The molecule has 0 atom stereocenters. The van der Waals surface area contributed by atoms with Gasteiger partial charge in [-0.15, -0.1) is 23.1 Å². The first kappa shape index (κ1) is 14.6. The molecule has 1 amide bonds. The zero-order valence-corrected chi connectivity index (χ0v) is 13.7. The molecule has 2 heterocycles. The maximum atomic E-state index is 12.3. The minimum absolute atomic E-state index is 0.166. The van der Waals surface area contributed by atoms with E-state index in [-0.39, 0.29) is 5.91 Å². The standard InChI is InChI=1S/C16H18N2OS2/c1-12-17-14(10-20-12)11-21-15-6-4-13(5-7-15)16(19)18-8-2-3-9-18/h4-7,10H,2-3,8-9,11H2,1H3. The van der Waals surface area contributed by atoms with Crippen LogP contribution in [-0.4, -0.2) is 28.9 Å². The Morgan fingerprint density at radius 3 is 2.62 bits per heavy atom. The van der Waals surface area contributed by atoms with Crippen molar-refractivity contribution in [2.24, 2.45) is 0 Å². The third-order valence-electron chi connectivity index (χ3n) is 3.55. The van der Waals surface area contributed by atoms with Gasteiger partial charge in [0.15, 0.2) is 0 Å². The van der Waals surface area contributed by atoms with E-state index >= 15 is 0 Å². The molecule has 0 aliphatic carbocycles. The van der Waals surface area contributed by atoms with Crippen LogP contribution in [0.25, 0.3) is 0 Å². The van der Waals surface area contributed by atoms with Crippen molar-refractivity contribution in [2.45, 2.75) is 30.4 Å². The summed E-state index contributed by atoms with van der Waals surface area (Å²) < 4.78 is 0. The van der Waals surface area contributed by atoms with Crippen molar-refractivity contribution in [3.63, 3.8) is 0 Å². The molecule has 0 bridgehead atoms. The maximum absolute atomic E-state index is 12.3. The van der Waals surface area contributed by atoms with Gasteiger partial charge in [-0.25, -0.2) is 4.98 Å². The Hall–Kier alpha value is -1.33. The predicted molar refractivity (Wildman–Crippen MR) is 88.0 cm³/mol. The average Bonchev–Trinajstić information content (AvgIpc) is 3.16. The van der Waals surface area contributed by atoms with Gasteiger partial charge in [-0.2, -0.15) is 0 Å². The second-order valence-corrected chi connectivity index (χ2v) is 7.28. The van der Waals surface area contributed by atoms with Crippen molar-refractivity contribution in [1.29, 1.82) is 0 Å². The molecule has 21 heavy (non-hydrogen) atoms. The van der Waals surface area contributed by atoms with E-state index in [2.05, 4.69) is 10.4 Å². The number of hydrogen-bond donors (Lipinski definition) is 0. The minimum atomic E-state index is 0.166. The number of aromatic nitrogens is 1. The van der Waals surface area contributed by atoms with Crippen LogP contribution in [0.15, 0.2) is 34.5 Å². The molecule has 1 saturated heterocycles. The molecule has 1 aliphatic rings. The molecule has 1 aromatic heterocycles. The molecular weight excluding hydrogens is 300 g/mol. The lowest BCUT2D eigenvalue weighted by molar-refractivity contribution is 0.0793. The number of thioether (sulfide) groups is 1. The number of hydrogen-bond acceptors (Lipinski definition) is 4. The number of amides is 1. The van der Waals surface area contributed by atoms with Gasteiger partial charge in [-0.05, 0) is 44.0 Å². The number of rotatable bonds is 4. The Labute approximate surface area is 133 Å². The smallest absolute Gasteiger partial charge is 0.253 e. The van der Waals surface area contributed by atoms with Crippen LogP contribution >= 0.6 is 23.1 Å². The van der Waals surface area contributed by atoms with Gasteiger partial charge in [-0.1, -0.05) is 0 Å². The Bertz CT molecular complexity index is 615. The van der Waals surface area contributed by atoms with Crippen LogP contribution in [0.5, 0.6) is 0 Å². The van der Waals surface area contributed by atoms with E-state index in [0.29, 0.717) is 0 Å². The van der Waals surface area contributed by atoms with Crippen LogP contribution in [0.1, 0.15) is 33.9 Å². The van der Waals surface area contributed by atoms with E-state index < -0.39 is 0 Å². The van der Waals surface area contributed by atoms with Crippen LogP contribution in [-0.2, 0) is 5.75 Å². The molecule has 0 radical (unpaired) electrons. The van der Waals surface area contributed by atoms with Crippen LogP contribution in [0.2, 0.25) is 0 Å². The number of nitrogens with zero attached hydrogens (tertiary/aromatic N) is 2. The largest absolute Gasteiger partial charge is 0.339 e. The topological polar surface area (TPSA) is 33.2 Å². The molecule has 0 unspecified atom stereocenters. The molecule has 0 spiro atoms.